The van der Waals surface area contributed by atoms with E-state index in [0.29, 0.717) is 5.39 Å². The van der Waals surface area contributed by atoms with E-state index in [0.717, 1.165) is 4.70 Å². The second-order valence-electron chi connectivity index (χ2n) is 2.85. The minimum absolute atomic E-state index is 0.206. The number of carbonyl (C=O) groups excluding carboxylic acids is 2. The molecular formula is C10H4Cl2O2S. The summed E-state index contributed by atoms with van der Waals surface area (Å²) in [5, 5.41) is -0.636. The number of rotatable bonds is 2. The molecule has 0 aliphatic rings. The number of halogens is 2. The molecule has 2 nitrogen and oxygen atoms in total. The summed E-state index contributed by atoms with van der Waals surface area (Å²) in [7, 11) is 0. The minimum atomic E-state index is -0.656. The van der Waals surface area contributed by atoms with Gasteiger partial charge in [0.1, 0.15) is 0 Å². The number of benzene rings is 1. The largest absolute Gasteiger partial charge is 0.276 e. The Hall–Kier alpha value is -0.900. The van der Waals surface area contributed by atoms with Crippen LogP contribution in [0.25, 0.3) is 10.1 Å². The Kier molecular flexibility index (Phi) is 2.78. The van der Waals surface area contributed by atoms with Gasteiger partial charge in [-0.2, -0.15) is 0 Å². The van der Waals surface area contributed by atoms with Crippen LogP contribution < -0.4 is 0 Å². The molecule has 0 aliphatic carbocycles. The number of fused-ring (bicyclic) bond motifs is 1. The Labute approximate surface area is 99.4 Å². The van der Waals surface area contributed by atoms with Crippen LogP contribution in [0, 0.1) is 0 Å². The van der Waals surface area contributed by atoms with Crippen molar-refractivity contribution in [2.24, 2.45) is 0 Å². The minimum Gasteiger partial charge on any atom is -0.276 e. The molecule has 0 saturated carbocycles. The quantitative estimate of drug-likeness (QED) is 0.771. The topological polar surface area (TPSA) is 34.1 Å². The van der Waals surface area contributed by atoms with Crippen LogP contribution in [-0.4, -0.2) is 10.5 Å². The van der Waals surface area contributed by atoms with Crippen LogP contribution in [0.5, 0.6) is 0 Å². The lowest BCUT2D eigenvalue weighted by molar-refractivity contribution is 0.105. The van der Waals surface area contributed by atoms with Crippen LogP contribution in [-0.2, 0) is 0 Å². The van der Waals surface area contributed by atoms with Crippen molar-refractivity contribution in [3.05, 3.63) is 34.7 Å². The molecule has 1 aromatic heterocycles. The normalized spacial score (nSPS) is 10.5. The van der Waals surface area contributed by atoms with Gasteiger partial charge in [0, 0.05) is 10.1 Å². The van der Waals surface area contributed by atoms with E-state index in [1.807, 2.05) is 12.1 Å². The second kappa shape index (κ2) is 3.93. The van der Waals surface area contributed by atoms with Crippen molar-refractivity contribution < 1.29 is 9.59 Å². The molecule has 0 atom stereocenters. The third kappa shape index (κ3) is 1.78. The zero-order chi connectivity index (χ0) is 11.0. The van der Waals surface area contributed by atoms with Crippen molar-refractivity contribution in [2.75, 3.05) is 0 Å². The highest BCUT2D eigenvalue weighted by atomic mass is 35.5. The van der Waals surface area contributed by atoms with Gasteiger partial charge in [-0.15, -0.1) is 11.3 Å². The molecule has 5 heteroatoms. The summed E-state index contributed by atoms with van der Waals surface area (Å²) in [6.07, 6.45) is 0. The number of hydrogen-bond acceptors (Lipinski definition) is 3. The molecule has 1 aromatic carbocycles. The summed E-state index contributed by atoms with van der Waals surface area (Å²) in [5.41, 5.74) is 0.206. The first-order valence-electron chi connectivity index (χ1n) is 4.02. The molecule has 0 radical (unpaired) electrons. The van der Waals surface area contributed by atoms with Crippen molar-refractivity contribution >= 4 is 55.1 Å². The van der Waals surface area contributed by atoms with Crippen molar-refractivity contribution in [3.63, 3.8) is 0 Å². The highest BCUT2D eigenvalue weighted by Gasteiger charge is 2.20. The third-order valence-corrected chi connectivity index (χ3v) is 3.63. The number of thiophene rings is 1. The predicted molar refractivity (Wildman–Crippen MR) is 62.2 cm³/mol. The van der Waals surface area contributed by atoms with E-state index in [-0.39, 0.29) is 10.4 Å². The first-order valence-corrected chi connectivity index (χ1v) is 5.59. The lowest BCUT2D eigenvalue weighted by Crippen LogP contribution is -1.95. The van der Waals surface area contributed by atoms with Crippen LogP contribution >= 0.6 is 34.5 Å². The fourth-order valence-electron chi connectivity index (χ4n) is 1.38. The highest BCUT2D eigenvalue weighted by molar-refractivity contribution is 7.22. The van der Waals surface area contributed by atoms with Gasteiger partial charge in [0.15, 0.2) is 0 Å². The first kappa shape index (κ1) is 10.6. The van der Waals surface area contributed by atoms with Crippen LogP contribution in [0.3, 0.4) is 0 Å². The lowest BCUT2D eigenvalue weighted by atomic mass is 10.1. The van der Waals surface area contributed by atoms with Crippen molar-refractivity contribution in [1.82, 2.24) is 0 Å². The molecule has 0 fully saturated rings. The average Bonchev–Trinajstić information content (AvgIpc) is 2.56. The van der Waals surface area contributed by atoms with Crippen molar-refractivity contribution in [2.45, 2.75) is 0 Å². The van der Waals surface area contributed by atoms with Crippen LogP contribution in [0.2, 0.25) is 0 Å². The Morgan fingerprint density at radius 3 is 2.33 bits per heavy atom. The van der Waals surface area contributed by atoms with Crippen LogP contribution in [0.4, 0.5) is 0 Å². The van der Waals surface area contributed by atoms with E-state index in [1.165, 1.54) is 11.3 Å². The average molecular weight is 259 g/mol. The molecular weight excluding hydrogens is 255 g/mol. The van der Waals surface area contributed by atoms with Gasteiger partial charge in [0.25, 0.3) is 10.5 Å². The zero-order valence-electron chi connectivity index (χ0n) is 7.29. The molecule has 0 bridgehead atoms. The second-order valence-corrected chi connectivity index (χ2v) is 4.59. The Balaban J connectivity index is 2.86. The van der Waals surface area contributed by atoms with E-state index in [4.69, 9.17) is 23.2 Å². The fourth-order valence-corrected chi connectivity index (χ4v) is 2.87. The Morgan fingerprint density at radius 1 is 1.07 bits per heavy atom. The molecule has 0 aliphatic heterocycles. The first-order chi connectivity index (χ1) is 7.11. The van der Waals surface area contributed by atoms with Crippen molar-refractivity contribution in [1.29, 1.82) is 0 Å². The molecule has 1 heterocycles. The summed E-state index contributed by atoms with van der Waals surface area (Å²) >= 11 is 12.0. The lowest BCUT2D eigenvalue weighted by Gasteiger charge is -1.92. The SMILES string of the molecule is O=C(Cl)c1sc2ccccc2c1C(=O)Cl. The molecule has 2 rings (SSSR count). The van der Waals surface area contributed by atoms with Gasteiger partial charge < -0.3 is 0 Å². The van der Waals surface area contributed by atoms with E-state index in [9.17, 15) is 9.59 Å². The molecule has 0 amide bonds. The van der Waals surface area contributed by atoms with Crippen LogP contribution in [0.1, 0.15) is 20.0 Å². The smallest absolute Gasteiger partial charge is 0.263 e. The summed E-state index contributed by atoms with van der Waals surface area (Å²) in [4.78, 5) is 22.5. The van der Waals surface area contributed by atoms with Gasteiger partial charge in [-0.3, -0.25) is 9.59 Å². The van der Waals surface area contributed by atoms with E-state index in [2.05, 4.69) is 0 Å². The third-order valence-electron chi connectivity index (χ3n) is 1.97. The van der Waals surface area contributed by atoms with Gasteiger partial charge in [-0.05, 0) is 29.3 Å². The van der Waals surface area contributed by atoms with Crippen LogP contribution in [0.15, 0.2) is 24.3 Å². The summed E-state index contributed by atoms with van der Waals surface area (Å²) in [6.45, 7) is 0. The standard InChI is InChI=1S/C10H4Cl2O2S/c11-9(13)7-5-3-1-2-4-6(5)15-8(7)10(12)14/h1-4H. The summed E-state index contributed by atoms with van der Waals surface area (Å²) in [5.74, 6) is 0. The molecule has 2 aromatic rings. The fraction of sp³-hybridized carbons (Fsp3) is 0. The van der Waals surface area contributed by atoms with Crippen molar-refractivity contribution in [3.8, 4) is 0 Å². The van der Waals surface area contributed by atoms with Gasteiger partial charge in [0.2, 0.25) is 0 Å². The number of hydrogen-bond donors (Lipinski definition) is 0. The highest BCUT2D eigenvalue weighted by Crippen LogP contribution is 2.33. The summed E-state index contributed by atoms with van der Waals surface area (Å²) in [6, 6.07) is 7.15. The maximum Gasteiger partial charge on any atom is 0.263 e. The van der Waals surface area contributed by atoms with Gasteiger partial charge in [0.05, 0.1) is 10.4 Å². The Bertz CT molecular complexity index is 560. The zero-order valence-corrected chi connectivity index (χ0v) is 9.62. The number of carbonyl (C=O) groups is 2. The molecule has 0 N–H and O–H groups in total. The van der Waals surface area contributed by atoms with Gasteiger partial charge in [-0.1, -0.05) is 18.2 Å². The van der Waals surface area contributed by atoms with E-state index >= 15 is 0 Å². The Morgan fingerprint density at radius 2 is 1.73 bits per heavy atom. The predicted octanol–water partition coefficient (Wildman–Crippen LogP) is 3.66. The monoisotopic (exact) mass is 258 g/mol. The maximum atomic E-state index is 11.2. The van der Waals surface area contributed by atoms with Gasteiger partial charge >= 0.3 is 0 Å². The molecule has 0 saturated heterocycles. The maximum absolute atomic E-state index is 11.2. The molecule has 15 heavy (non-hydrogen) atoms. The van der Waals surface area contributed by atoms with E-state index < -0.39 is 10.5 Å². The van der Waals surface area contributed by atoms with Gasteiger partial charge in [-0.25, -0.2) is 0 Å². The molecule has 76 valence electrons. The molecule has 0 unspecified atom stereocenters. The molecule has 0 spiro atoms. The summed E-state index contributed by atoms with van der Waals surface area (Å²) < 4.78 is 0.825. The van der Waals surface area contributed by atoms with E-state index in [1.54, 1.807) is 12.1 Å².